The largest absolute Gasteiger partial charge is 0.493 e. The van der Waals surface area contributed by atoms with Crippen molar-refractivity contribution in [3.8, 4) is 22.6 Å². The Labute approximate surface area is 163 Å². The lowest BCUT2D eigenvalue weighted by molar-refractivity contribution is 0.0901. The number of Topliss-reactive ketones (excluding diaryl/α,β-unsaturated/α-hetero) is 1. The monoisotopic (exact) mass is 380 g/mol. The fourth-order valence-corrected chi connectivity index (χ4v) is 3.93. The molecule has 1 aromatic carbocycles. The standard InChI is InChI=1S/C21H24N4O3/c1-6-13-18(12-7-8-16(27-4)17(9-12)28-5)20-23-22-19-14(25(20)24-13)10-21(2,3)11-15(19)26/h7-9H,6,10-11H2,1-5H3. The smallest absolute Gasteiger partial charge is 0.185 e. The normalized spacial score (nSPS) is 15.5. The third-order valence-electron chi connectivity index (χ3n) is 5.26. The van der Waals surface area contributed by atoms with Crippen molar-refractivity contribution in [2.45, 2.75) is 40.0 Å². The second-order valence-electron chi connectivity index (χ2n) is 7.92. The van der Waals surface area contributed by atoms with Crippen molar-refractivity contribution in [1.82, 2.24) is 19.8 Å². The first-order chi connectivity index (χ1) is 13.4. The van der Waals surface area contributed by atoms with Gasteiger partial charge in [0.15, 0.2) is 28.6 Å². The number of benzene rings is 1. The molecule has 0 saturated carbocycles. The van der Waals surface area contributed by atoms with Crippen molar-refractivity contribution >= 4 is 11.4 Å². The van der Waals surface area contributed by atoms with E-state index in [1.807, 2.05) is 22.7 Å². The summed E-state index contributed by atoms with van der Waals surface area (Å²) in [5, 5.41) is 13.5. The first-order valence-electron chi connectivity index (χ1n) is 9.41. The molecule has 0 spiro atoms. The van der Waals surface area contributed by atoms with Crippen LogP contribution >= 0.6 is 0 Å². The number of fused-ring (bicyclic) bond motifs is 3. The lowest BCUT2D eigenvalue weighted by Crippen LogP contribution is -2.30. The number of aryl methyl sites for hydroxylation is 1. The van der Waals surface area contributed by atoms with E-state index < -0.39 is 0 Å². The van der Waals surface area contributed by atoms with E-state index in [0.717, 1.165) is 35.4 Å². The molecule has 7 nitrogen and oxygen atoms in total. The molecule has 0 aliphatic heterocycles. The maximum atomic E-state index is 12.6. The Kier molecular flexibility index (Phi) is 4.33. The predicted molar refractivity (Wildman–Crippen MR) is 105 cm³/mol. The highest BCUT2D eigenvalue weighted by atomic mass is 16.5. The third-order valence-corrected chi connectivity index (χ3v) is 5.26. The summed E-state index contributed by atoms with van der Waals surface area (Å²) in [5.41, 5.74) is 4.57. The molecule has 1 aliphatic rings. The van der Waals surface area contributed by atoms with Crippen molar-refractivity contribution in [2.75, 3.05) is 14.2 Å². The summed E-state index contributed by atoms with van der Waals surface area (Å²) in [6.45, 7) is 6.25. The molecule has 0 amide bonds. The van der Waals surface area contributed by atoms with Gasteiger partial charge in [-0.25, -0.2) is 4.52 Å². The van der Waals surface area contributed by atoms with Crippen LogP contribution in [0.15, 0.2) is 18.2 Å². The van der Waals surface area contributed by atoms with Crippen LogP contribution in [0.2, 0.25) is 0 Å². The number of hydrogen-bond acceptors (Lipinski definition) is 6. The zero-order valence-corrected chi connectivity index (χ0v) is 16.9. The summed E-state index contributed by atoms with van der Waals surface area (Å²) in [4.78, 5) is 12.6. The molecular weight excluding hydrogens is 356 g/mol. The van der Waals surface area contributed by atoms with Crippen LogP contribution in [0, 0.1) is 5.41 Å². The number of carbonyl (C=O) groups excluding carboxylic acids is 1. The molecule has 0 unspecified atom stereocenters. The van der Waals surface area contributed by atoms with E-state index in [-0.39, 0.29) is 11.2 Å². The van der Waals surface area contributed by atoms with Crippen LogP contribution in [-0.2, 0) is 12.8 Å². The summed E-state index contributed by atoms with van der Waals surface area (Å²) in [5.74, 6) is 1.34. The van der Waals surface area contributed by atoms with Crippen molar-refractivity contribution in [3.63, 3.8) is 0 Å². The molecule has 4 rings (SSSR count). The van der Waals surface area contributed by atoms with Gasteiger partial charge in [0.05, 0.1) is 31.2 Å². The number of carbonyl (C=O) groups is 1. The van der Waals surface area contributed by atoms with E-state index in [4.69, 9.17) is 14.6 Å². The van der Waals surface area contributed by atoms with Crippen molar-refractivity contribution < 1.29 is 14.3 Å². The molecule has 146 valence electrons. The number of hydrogen-bond donors (Lipinski definition) is 0. The van der Waals surface area contributed by atoms with Crippen molar-refractivity contribution in [1.29, 1.82) is 0 Å². The minimum absolute atomic E-state index is 0.0295. The summed E-state index contributed by atoms with van der Waals surface area (Å²) in [7, 11) is 3.23. The third kappa shape index (κ3) is 2.82. The Morgan fingerprint density at radius 1 is 1.11 bits per heavy atom. The molecule has 0 atom stereocenters. The topological polar surface area (TPSA) is 78.6 Å². The summed E-state index contributed by atoms with van der Waals surface area (Å²) in [6, 6.07) is 5.76. The van der Waals surface area contributed by atoms with Crippen LogP contribution in [0.1, 0.15) is 49.1 Å². The van der Waals surface area contributed by atoms with E-state index in [1.54, 1.807) is 14.2 Å². The minimum atomic E-state index is -0.123. The van der Waals surface area contributed by atoms with Crippen molar-refractivity contribution in [2.24, 2.45) is 5.41 Å². The quantitative estimate of drug-likeness (QED) is 0.689. The SMILES string of the molecule is CCc1nn2c3c(nnc2c1-c1ccc(OC)c(OC)c1)C(=O)CC(C)(C)C3. The zero-order chi connectivity index (χ0) is 20.1. The molecular formula is C21H24N4O3. The first kappa shape index (κ1) is 18.4. The molecule has 0 saturated heterocycles. The number of ketones is 1. The Morgan fingerprint density at radius 2 is 1.86 bits per heavy atom. The van der Waals surface area contributed by atoms with Gasteiger partial charge in [0.2, 0.25) is 0 Å². The number of ether oxygens (including phenoxy) is 2. The fourth-order valence-electron chi connectivity index (χ4n) is 3.93. The van der Waals surface area contributed by atoms with E-state index in [2.05, 4.69) is 31.0 Å². The van der Waals surface area contributed by atoms with Gasteiger partial charge >= 0.3 is 0 Å². The Bertz CT molecular complexity index is 1080. The number of methoxy groups -OCH3 is 2. The maximum Gasteiger partial charge on any atom is 0.185 e. The second kappa shape index (κ2) is 6.58. The highest BCUT2D eigenvalue weighted by Crippen LogP contribution is 2.38. The lowest BCUT2D eigenvalue weighted by Gasteiger charge is -2.29. The average molecular weight is 380 g/mol. The molecule has 0 bridgehead atoms. The Hall–Kier alpha value is -2.96. The molecule has 3 aromatic rings. The molecule has 2 aromatic heterocycles. The molecule has 7 heteroatoms. The van der Waals surface area contributed by atoms with E-state index in [1.165, 1.54) is 0 Å². The second-order valence-corrected chi connectivity index (χ2v) is 7.92. The molecule has 0 fully saturated rings. The molecule has 0 radical (unpaired) electrons. The van der Waals surface area contributed by atoms with Gasteiger partial charge < -0.3 is 9.47 Å². The molecule has 0 N–H and O–H groups in total. The van der Waals surface area contributed by atoms with Gasteiger partial charge in [-0.3, -0.25) is 4.79 Å². The number of rotatable bonds is 4. The van der Waals surface area contributed by atoms with Gasteiger partial charge in [0, 0.05) is 6.42 Å². The van der Waals surface area contributed by atoms with Gasteiger partial charge in [-0.2, -0.15) is 5.10 Å². The highest BCUT2D eigenvalue weighted by molar-refractivity contribution is 5.97. The van der Waals surface area contributed by atoms with Crippen molar-refractivity contribution in [3.05, 3.63) is 35.3 Å². The lowest BCUT2D eigenvalue weighted by atomic mass is 9.77. The average Bonchev–Trinajstić information content (AvgIpc) is 3.05. The van der Waals surface area contributed by atoms with Crippen LogP contribution in [0.25, 0.3) is 16.8 Å². The minimum Gasteiger partial charge on any atom is -0.493 e. The number of aromatic nitrogens is 4. The fraction of sp³-hybridized carbons (Fsp3) is 0.429. The highest BCUT2D eigenvalue weighted by Gasteiger charge is 2.35. The first-order valence-corrected chi connectivity index (χ1v) is 9.41. The van der Waals surface area contributed by atoms with Crippen LogP contribution in [0.5, 0.6) is 11.5 Å². The molecule has 1 aliphatic carbocycles. The van der Waals surface area contributed by atoms with E-state index >= 15 is 0 Å². The van der Waals surface area contributed by atoms with Gasteiger partial charge in [0.25, 0.3) is 0 Å². The predicted octanol–water partition coefficient (Wildman–Crippen LogP) is 3.53. The maximum absolute atomic E-state index is 12.6. The Morgan fingerprint density at radius 3 is 2.54 bits per heavy atom. The van der Waals surface area contributed by atoms with Gasteiger partial charge in [-0.15, -0.1) is 10.2 Å². The number of nitrogens with zero attached hydrogens (tertiary/aromatic N) is 4. The van der Waals surface area contributed by atoms with Gasteiger partial charge in [-0.05, 0) is 36.0 Å². The molecule has 2 heterocycles. The van der Waals surface area contributed by atoms with E-state index in [0.29, 0.717) is 29.3 Å². The Balaban J connectivity index is 1.97. The van der Waals surface area contributed by atoms with Crippen LogP contribution in [0.3, 0.4) is 0 Å². The molecule has 28 heavy (non-hydrogen) atoms. The zero-order valence-electron chi connectivity index (χ0n) is 16.9. The van der Waals surface area contributed by atoms with Gasteiger partial charge in [-0.1, -0.05) is 26.8 Å². The van der Waals surface area contributed by atoms with E-state index in [9.17, 15) is 4.79 Å². The summed E-state index contributed by atoms with van der Waals surface area (Å²) >= 11 is 0. The van der Waals surface area contributed by atoms with Crippen LogP contribution in [-0.4, -0.2) is 39.8 Å². The van der Waals surface area contributed by atoms with Crippen LogP contribution in [0.4, 0.5) is 0 Å². The van der Waals surface area contributed by atoms with Crippen LogP contribution < -0.4 is 9.47 Å². The van der Waals surface area contributed by atoms with Gasteiger partial charge in [0.1, 0.15) is 0 Å². The summed E-state index contributed by atoms with van der Waals surface area (Å²) in [6.07, 6.45) is 1.94. The summed E-state index contributed by atoms with van der Waals surface area (Å²) < 4.78 is 12.6.